The Labute approximate surface area is 202 Å². The molecule has 2 unspecified atom stereocenters. The second-order valence-corrected chi connectivity index (χ2v) is 8.26. The Morgan fingerprint density at radius 1 is 1.19 bits per heavy atom. The molecule has 3 aromatic rings. The second-order valence-electron chi connectivity index (χ2n) is 8.26. The summed E-state index contributed by atoms with van der Waals surface area (Å²) in [6, 6.07) is 0.397. The Kier molecular flexibility index (Phi) is 6.63. The number of carbonyl (C=O) groups excluding carboxylic acids is 1. The maximum Gasteiger partial charge on any atom is 0.404 e. The van der Waals surface area contributed by atoms with E-state index in [4.69, 9.17) is 10.8 Å². The van der Waals surface area contributed by atoms with E-state index in [9.17, 15) is 22.8 Å². The van der Waals surface area contributed by atoms with Gasteiger partial charge in [0.25, 0.3) is 5.91 Å². The first kappa shape index (κ1) is 24.7. The maximum absolute atomic E-state index is 14.9. The van der Waals surface area contributed by atoms with Gasteiger partial charge in [-0.25, -0.2) is 22.9 Å². The number of hydrogen-bond acceptors (Lipinski definition) is 8. The van der Waals surface area contributed by atoms with E-state index in [2.05, 4.69) is 30.8 Å². The monoisotopic (exact) mass is 505 g/mol. The number of amides is 2. The highest BCUT2D eigenvalue weighted by molar-refractivity contribution is 5.98. The van der Waals surface area contributed by atoms with Crippen LogP contribution in [0.1, 0.15) is 35.3 Å². The standard InChI is InChI=1S/C21H22F3N9O3/c1-10-16(33-27-4-5-28-33)6-11(9-26-10)29-18-12(17(25)34)7-13(22)19(32-18)30-14-2-3-21(23,24)8-15(14)31-20(35)36/h4-7,9,14-15,31H,2-3,8H2,1H3,(H2,25,34)(H,35,36)(H2,29,30,32). The van der Waals surface area contributed by atoms with Gasteiger partial charge in [0, 0.05) is 18.9 Å². The number of alkyl halides is 2. The molecule has 0 radical (unpaired) electrons. The number of carbonyl (C=O) groups is 2. The molecule has 190 valence electrons. The zero-order valence-corrected chi connectivity index (χ0v) is 18.9. The van der Waals surface area contributed by atoms with E-state index in [0.717, 1.165) is 6.07 Å². The van der Waals surface area contributed by atoms with Gasteiger partial charge in [-0.1, -0.05) is 0 Å². The summed E-state index contributed by atoms with van der Waals surface area (Å²) in [6.45, 7) is 1.74. The van der Waals surface area contributed by atoms with Crippen LogP contribution >= 0.6 is 0 Å². The molecule has 0 aromatic carbocycles. The third-order valence-corrected chi connectivity index (χ3v) is 5.65. The molecule has 4 rings (SSSR count). The number of carboxylic acid groups (broad SMARTS) is 1. The number of aryl methyl sites for hydroxylation is 1. The highest BCUT2D eigenvalue weighted by Gasteiger charge is 2.42. The summed E-state index contributed by atoms with van der Waals surface area (Å²) in [5.41, 5.74) is 6.61. The van der Waals surface area contributed by atoms with Crippen LogP contribution in [0.2, 0.25) is 0 Å². The molecule has 2 amide bonds. The summed E-state index contributed by atoms with van der Waals surface area (Å²) in [7, 11) is 0. The Morgan fingerprint density at radius 3 is 2.58 bits per heavy atom. The molecule has 3 aromatic heterocycles. The number of nitrogens with zero attached hydrogens (tertiary/aromatic N) is 5. The van der Waals surface area contributed by atoms with E-state index >= 15 is 0 Å². The van der Waals surface area contributed by atoms with Crippen molar-refractivity contribution < 1.29 is 27.9 Å². The molecule has 36 heavy (non-hydrogen) atoms. The number of primary amides is 1. The quantitative estimate of drug-likeness (QED) is 0.323. The fraction of sp³-hybridized carbons (Fsp3) is 0.333. The summed E-state index contributed by atoms with van der Waals surface area (Å²) in [6.07, 6.45) is 1.49. The van der Waals surface area contributed by atoms with E-state index in [1.807, 2.05) is 5.32 Å². The minimum Gasteiger partial charge on any atom is -0.465 e. The van der Waals surface area contributed by atoms with Crippen molar-refractivity contribution >= 4 is 29.3 Å². The summed E-state index contributed by atoms with van der Waals surface area (Å²) < 4.78 is 42.6. The normalized spacial score (nSPS) is 18.9. The van der Waals surface area contributed by atoms with Crippen LogP contribution in [0.4, 0.5) is 35.3 Å². The fourth-order valence-corrected chi connectivity index (χ4v) is 3.93. The van der Waals surface area contributed by atoms with Gasteiger partial charge in [0.1, 0.15) is 11.5 Å². The number of anilines is 3. The molecule has 2 atom stereocenters. The lowest BCUT2D eigenvalue weighted by Crippen LogP contribution is -2.52. The Bertz CT molecular complexity index is 1290. The maximum atomic E-state index is 14.9. The topological polar surface area (TPSA) is 173 Å². The molecule has 0 saturated heterocycles. The Hall–Kier alpha value is -4.43. The van der Waals surface area contributed by atoms with E-state index in [1.54, 1.807) is 13.0 Å². The van der Waals surface area contributed by atoms with Gasteiger partial charge < -0.3 is 26.8 Å². The molecule has 0 bridgehead atoms. The number of halogens is 3. The summed E-state index contributed by atoms with van der Waals surface area (Å²) >= 11 is 0. The molecular weight excluding hydrogens is 483 g/mol. The molecule has 1 saturated carbocycles. The van der Waals surface area contributed by atoms with E-state index in [0.29, 0.717) is 17.1 Å². The Balaban J connectivity index is 1.65. The number of pyridine rings is 2. The second kappa shape index (κ2) is 9.67. The van der Waals surface area contributed by atoms with Crippen molar-refractivity contribution in [1.82, 2.24) is 30.3 Å². The lowest BCUT2D eigenvalue weighted by Gasteiger charge is -2.36. The molecular formula is C21H22F3N9O3. The van der Waals surface area contributed by atoms with E-state index in [1.165, 1.54) is 23.4 Å². The van der Waals surface area contributed by atoms with Gasteiger partial charge in [0.05, 0.1) is 41.6 Å². The van der Waals surface area contributed by atoms with Gasteiger partial charge in [-0.2, -0.15) is 10.2 Å². The van der Waals surface area contributed by atoms with Crippen LogP contribution in [0.5, 0.6) is 0 Å². The third-order valence-electron chi connectivity index (χ3n) is 5.65. The van der Waals surface area contributed by atoms with Crippen LogP contribution in [0.3, 0.4) is 0 Å². The van der Waals surface area contributed by atoms with Crippen molar-refractivity contribution in [1.29, 1.82) is 0 Å². The molecule has 1 aliphatic rings. The van der Waals surface area contributed by atoms with Crippen molar-refractivity contribution in [3.63, 3.8) is 0 Å². The first-order chi connectivity index (χ1) is 17.0. The van der Waals surface area contributed by atoms with Gasteiger partial charge in [-0.15, -0.1) is 4.80 Å². The predicted molar refractivity (Wildman–Crippen MR) is 121 cm³/mol. The van der Waals surface area contributed by atoms with Gasteiger partial charge in [0.15, 0.2) is 11.6 Å². The fourth-order valence-electron chi connectivity index (χ4n) is 3.93. The zero-order chi connectivity index (χ0) is 26.0. The summed E-state index contributed by atoms with van der Waals surface area (Å²) in [5, 5.41) is 24.8. The molecule has 6 N–H and O–H groups in total. The minimum absolute atomic E-state index is 0.125. The van der Waals surface area contributed by atoms with Crippen LogP contribution < -0.4 is 21.7 Å². The van der Waals surface area contributed by atoms with Gasteiger partial charge in [-0.3, -0.25) is 9.78 Å². The zero-order valence-electron chi connectivity index (χ0n) is 18.9. The minimum atomic E-state index is -3.07. The highest BCUT2D eigenvalue weighted by Crippen LogP contribution is 2.35. The van der Waals surface area contributed by atoms with Gasteiger partial charge in [-0.05, 0) is 25.5 Å². The number of hydrogen-bond donors (Lipinski definition) is 5. The van der Waals surface area contributed by atoms with Crippen LogP contribution in [0.25, 0.3) is 5.69 Å². The van der Waals surface area contributed by atoms with Crippen molar-refractivity contribution in [3.05, 3.63) is 47.8 Å². The number of aromatic nitrogens is 5. The first-order valence-electron chi connectivity index (χ1n) is 10.8. The van der Waals surface area contributed by atoms with Crippen molar-refractivity contribution in [2.45, 2.75) is 44.2 Å². The summed E-state index contributed by atoms with van der Waals surface area (Å²) in [4.78, 5) is 32.8. The largest absolute Gasteiger partial charge is 0.465 e. The first-order valence-corrected chi connectivity index (χ1v) is 10.8. The molecule has 1 aliphatic carbocycles. The lowest BCUT2D eigenvalue weighted by molar-refractivity contribution is -0.0459. The number of nitrogens with two attached hydrogens (primary N) is 1. The smallest absolute Gasteiger partial charge is 0.404 e. The van der Waals surface area contributed by atoms with Crippen molar-refractivity contribution in [2.24, 2.45) is 5.73 Å². The molecule has 15 heteroatoms. The van der Waals surface area contributed by atoms with Crippen molar-refractivity contribution in [3.8, 4) is 5.69 Å². The average molecular weight is 505 g/mol. The van der Waals surface area contributed by atoms with Crippen LogP contribution in [-0.2, 0) is 0 Å². The number of nitrogens with one attached hydrogen (secondary N) is 3. The molecule has 0 spiro atoms. The van der Waals surface area contributed by atoms with Gasteiger partial charge in [0.2, 0.25) is 5.92 Å². The van der Waals surface area contributed by atoms with E-state index < -0.39 is 48.7 Å². The van der Waals surface area contributed by atoms with E-state index in [-0.39, 0.29) is 23.6 Å². The molecule has 12 nitrogen and oxygen atoms in total. The highest BCUT2D eigenvalue weighted by atomic mass is 19.3. The summed E-state index contributed by atoms with van der Waals surface area (Å²) in [5.74, 6) is -5.50. The molecule has 3 heterocycles. The Morgan fingerprint density at radius 2 is 1.92 bits per heavy atom. The number of rotatable bonds is 7. The van der Waals surface area contributed by atoms with Gasteiger partial charge >= 0.3 is 6.09 Å². The predicted octanol–water partition coefficient (Wildman–Crippen LogP) is 2.58. The SMILES string of the molecule is Cc1ncc(Nc2nc(NC3CCC(F)(F)CC3NC(=O)O)c(F)cc2C(N)=O)cc1-n1nccn1. The molecule has 0 aliphatic heterocycles. The van der Waals surface area contributed by atoms with Crippen LogP contribution in [0, 0.1) is 12.7 Å². The lowest BCUT2D eigenvalue weighted by atomic mass is 9.87. The van der Waals surface area contributed by atoms with Crippen molar-refractivity contribution in [2.75, 3.05) is 10.6 Å². The third kappa shape index (κ3) is 5.45. The van der Waals surface area contributed by atoms with Crippen LogP contribution in [-0.4, -0.2) is 60.1 Å². The average Bonchev–Trinajstić information content (AvgIpc) is 3.32. The van der Waals surface area contributed by atoms with Crippen LogP contribution in [0.15, 0.2) is 30.7 Å². The molecule has 1 fully saturated rings.